The second-order valence-electron chi connectivity index (χ2n) is 4.91. The van der Waals surface area contributed by atoms with Gasteiger partial charge in [-0.15, -0.1) is 0 Å². The highest BCUT2D eigenvalue weighted by molar-refractivity contribution is 7.99. The number of hydrogen-bond donors (Lipinski definition) is 1. The highest BCUT2D eigenvalue weighted by Gasteiger charge is 2.09. The van der Waals surface area contributed by atoms with E-state index in [1.54, 1.807) is 22.8 Å². The molecule has 0 bridgehead atoms. The zero-order chi connectivity index (χ0) is 13.8. The van der Waals surface area contributed by atoms with Gasteiger partial charge in [0.15, 0.2) is 5.16 Å². The molecule has 1 aromatic carbocycles. The van der Waals surface area contributed by atoms with Crippen LogP contribution in [0.4, 0.5) is 0 Å². The maximum Gasteiger partial charge on any atom is 0.185 e. The lowest BCUT2D eigenvalue weighted by Crippen LogP contribution is -2.13. The molecule has 1 heterocycles. The van der Waals surface area contributed by atoms with E-state index in [-0.39, 0.29) is 6.04 Å². The molecule has 1 atom stereocenters. The van der Waals surface area contributed by atoms with Gasteiger partial charge in [0.2, 0.25) is 0 Å². The summed E-state index contributed by atoms with van der Waals surface area (Å²) < 4.78 is 1.76. The van der Waals surface area contributed by atoms with Crippen molar-refractivity contribution in [2.75, 3.05) is 5.75 Å². The SMILES string of the molecule is CC(C)c1ccc(C(N)CSc2ncnn2C)cc1. The Balaban J connectivity index is 1.96. The molecule has 102 valence electrons. The van der Waals surface area contributed by atoms with Gasteiger partial charge in [0.25, 0.3) is 0 Å². The molecule has 1 unspecified atom stereocenters. The number of benzene rings is 1. The highest BCUT2D eigenvalue weighted by Crippen LogP contribution is 2.22. The second kappa shape index (κ2) is 6.21. The largest absolute Gasteiger partial charge is 0.323 e. The fourth-order valence-electron chi connectivity index (χ4n) is 1.80. The van der Waals surface area contributed by atoms with Crippen LogP contribution in [0.15, 0.2) is 35.7 Å². The molecule has 0 fully saturated rings. The van der Waals surface area contributed by atoms with E-state index in [2.05, 4.69) is 48.2 Å². The fourth-order valence-corrected chi connectivity index (χ4v) is 2.68. The van der Waals surface area contributed by atoms with Crippen LogP contribution < -0.4 is 5.73 Å². The number of rotatable bonds is 5. The van der Waals surface area contributed by atoms with E-state index in [4.69, 9.17) is 5.73 Å². The Labute approximate surface area is 118 Å². The summed E-state index contributed by atoms with van der Waals surface area (Å²) in [6, 6.07) is 8.58. The number of nitrogens with zero attached hydrogens (tertiary/aromatic N) is 3. The Morgan fingerprint density at radius 1 is 1.21 bits per heavy atom. The molecule has 19 heavy (non-hydrogen) atoms. The van der Waals surface area contributed by atoms with E-state index in [1.807, 2.05) is 7.05 Å². The summed E-state index contributed by atoms with van der Waals surface area (Å²) in [5.74, 6) is 1.35. The third-order valence-corrected chi connectivity index (χ3v) is 4.25. The Kier molecular flexibility index (Phi) is 4.61. The number of aromatic nitrogens is 3. The van der Waals surface area contributed by atoms with Crippen molar-refractivity contribution in [3.8, 4) is 0 Å². The van der Waals surface area contributed by atoms with Crippen molar-refractivity contribution in [1.82, 2.24) is 14.8 Å². The van der Waals surface area contributed by atoms with Gasteiger partial charge in [-0.2, -0.15) is 5.10 Å². The van der Waals surface area contributed by atoms with Gasteiger partial charge in [0.05, 0.1) is 0 Å². The van der Waals surface area contributed by atoms with Crippen LogP contribution in [0.2, 0.25) is 0 Å². The molecule has 1 aromatic heterocycles. The molecule has 0 saturated carbocycles. The Morgan fingerprint density at radius 2 is 1.84 bits per heavy atom. The Morgan fingerprint density at radius 3 is 2.37 bits per heavy atom. The zero-order valence-corrected chi connectivity index (χ0v) is 12.4. The zero-order valence-electron chi connectivity index (χ0n) is 11.6. The predicted molar refractivity (Wildman–Crippen MR) is 79.2 cm³/mol. The molecule has 2 aromatic rings. The van der Waals surface area contributed by atoms with Crippen molar-refractivity contribution < 1.29 is 0 Å². The van der Waals surface area contributed by atoms with Gasteiger partial charge in [-0.1, -0.05) is 49.9 Å². The molecule has 0 aliphatic heterocycles. The molecule has 0 amide bonds. The predicted octanol–water partition coefficient (Wildman–Crippen LogP) is 2.73. The van der Waals surface area contributed by atoms with Crippen molar-refractivity contribution in [1.29, 1.82) is 0 Å². The van der Waals surface area contributed by atoms with E-state index >= 15 is 0 Å². The van der Waals surface area contributed by atoms with Crippen LogP contribution in [-0.4, -0.2) is 20.5 Å². The van der Waals surface area contributed by atoms with Gasteiger partial charge < -0.3 is 5.73 Å². The number of hydrogen-bond acceptors (Lipinski definition) is 4. The molecule has 0 aliphatic carbocycles. The monoisotopic (exact) mass is 276 g/mol. The third kappa shape index (κ3) is 3.58. The molecule has 4 nitrogen and oxygen atoms in total. The lowest BCUT2D eigenvalue weighted by molar-refractivity contribution is 0.683. The maximum atomic E-state index is 6.21. The minimum absolute atomic E-state index is 0.0166. The molecule has 2 rings (SSSR count). The standard InChI is InChI=1S/C14H20N4S/c1-10(2)11-4-6-12(7-5-11)13(15)8-19-14-16-9-17-18(14)3/h4-7,9-10,13H,8,15H2,1-3H3. The third-order valence-electron chi connectivity index (χ3n) is 3.09. The Bertz CT molecular complexity index is 518. The van der Waals surface area contributed by atoms with Crippen molar-refractivity contribution in [3.05, 3.63) is 41.7 Å². The van der Waals surface area contributed by atoms with Gasteiger partial charge in [-0.05, 0) is 17.0 Å². The Hall–Kier alpha value is -1.33. The number of aryl methyl sites for hydroxylation is 1. The first-order valence-electron chi connectivity index (χ1n) is 6.40. The second-order valence-corrected chi connectivity index (χ2v) is 5.89. The number of nitrogens with two attached hydrogens (primary N) is 1. The van der Waals surface area contributed by atoms with E-state index in [0.29, 0.717) is 5.92 Å². The van der Waals surface area contributed by atoms with Crippen molar-refractivity contribution in [2.24, 2.45) is 12.8 Å². The first-order chi connectivity index (χ1) is 9.08. The summed E-state index contributed by atoms with van der Waals surface area (Å²) >= 11 is 1.63. The van der Waals surface area contributed by atoms with Crippen LogP contribution in [-0.2, 0) is 7.05 Å². The lowest BCUT2D eigenvalue weighted by atomic mass is 10.00. The minimum Gasteiger partial charge on any atom is -0.323 e. The minimum atomic E-state index is 0.0166. The van der Waals surface area contributed by atoms with Crippen LogP contribution in [0, 0.1) is 0 Å². The van der Waals surface area contributed by atoms with Crippen LogP contribution in [0.1, 0.15) is 36.9 Å². The van der Waals surface area contributed by atoms with E-state index in [9.17, 15) is 0 Å². The summed E-state index contributed by atoms with van der Waals surface area (Å²) in [6.07, 6.45) is 1.56. The van der Waals surface area contributed by atoms with Gasteiger partial charge in [-0.25, -0.2) is 9.67 Å². The molecule has 5 heteroatoms. The molecular formula is C14H20N4S. The molecule has 0 radical (unpaired) electrons. The van der Waals surface area contributed by atoms with Gasteiger partial charge >= 0.3 is 0 Å². The summed E-state index contributed by atoms with van der Waals surface area (Å²) in [5.41, 5.74) is 8.72. The summed E-state index contributed by atoms with van der Waals surface area (Å²) in [7, 11) is 1.89. The van der Waals surface area contributed by atoms with Gasteiger partial charge in [0.1, 0.15) is 6.33 Å². The topological polar surface area (TPSA) is 56.7 Å². The van der Waals surface area contributed by atoms with Crippen LogP contribution in [0.5, 0.6) is 0 Å². The van der Waals surface area contributed by atoms with Gasteiger partial charge in [-0.3, -0.25) is 0 Å². The smallest absolute Gasteiger partial charge is 0.185 e. The average Bonchev–Trinajstić information content (AvgIpc) is 2.81. The summed E-state index contributed by atoms with van der Waals surface area (Å²) in [6.45, 7) is 4.39. The van der Waals surface area contributed by atoms with E-state index in [1.165, 1.54) is 11.1 Å². The van der Waals surface area contributed by atoms with Crippen molar-refractivity contribution in [2.45, 2.75) is 31.0 Å². The first kappa shape index (κ1) is 14.1. The summed E-state index contributed by atoms with van der Waals surface area (Å²) in [4.78, 5) is 4.18. The van der Waals surface area contributed by atoms with E-state index < -0.39 is 0 Å². The van der Waals surface area contributed by atoms with Crippen LogP contribution in [0.3, 0.4) is 0 Å². The van der Waals surface area contributed by atoms with Crippen LogP contribution in [0.25, 0.3) is 0 Å². The molecule has 0 saturated heterocycles. The molecule has 0 spiro atoms. The highest BCUT2D eigenvalue weighted by atomic mass is 32.2. The lowest BCUT2D eigenvalue weighted by Gasteiger charge is -2.13. The van der Waals surface area contributed by atoms with Crippen LogP contribution >= 0.6 is 11.8 Å². The molecular weight excluding hydrogens is 256 g/mol. The average molecular weight is 276 g/mol. The fraction of sp³-hybridized carbons (Fsp3) is 0.429. The molecule has 0 aliphatic rings. The first-order valence-corrected chi connectivity index (χ1v) is 7.38. The normalized spacial score (nSPS) is 12.9. The number of thioether (sulfide) groups is 1. The molecule has 2 N–H and O–H groups in total. The van der Waals surface area contributed by atoms with Crippen molar-refractivity contribution in [3.63, 3.8) is 0 Å². The van der Waals surface area contributed by atoms with Gasteiger partial charge in [0, 0.05) is 18.8 Å². The maximum absolute atomic E-state index is 6.21. The van der Waals surface area contributed by atoms with E-state index in [0.717, 1.165) is 10.9 Å². The van der Waals surface area contributed by atoms with Crippen molar-refractivity contribution >= 4 is 11.8 Å². The quantitative estimate of drug-likeness (QED) is 0.853. The summed E-state index contributed by atoms with van der Waals surface area (Å²) in [5, 5.41) is 4.94.